The lowest BCUT2D eigenvalue weighted by Crippen LogP contribution is -2.22. The Hall–Kier alpha value is -0.770. The molecule has 0 bridgehead atoms. The first-order valence-electron chi connectivity index (χ1n) is 11.2. The highest BCUT2D eigenvalue weighted by atomic mass is 19.4. The lowest BCUT2D eigenvalue weighted by Gasteiger charge is -2.25. The number of halogens is 3. The molecule has 0 saturated heterocycles. The van der Waals surface area contributed by atoms with Crippen LogP contribution in [-0.2, 0) is 4.74 Å². The van der Waals surface area contributed by atoms with Crippen molar-refractivity contribution in [3.63, 3.8) is 0 Å². The molecule has 4 heteroatoms. The van der Waals surface area contributed by atoms with Crippen molar-refractivity contribution in [3.8, 4) is 0 Å². The van der Waals surface area contributed by atoms with Gasteiger partial charge in [-0.15, -0.1) is 13.2 Å². The van der Waals surface area contributed by atoms with E-state index >= 15 is 0 Å². The van der Waals surface area contributed by atoms with Crippen LogP contribution in [0.5, 0.6) is 0 Å². The van der Waals surface area contributed by atoms with Crippen LogP contribution in [0, 0.1) is 29.6 Å². The van der Waals surface area contributed by atoms with Gasteiger partial charge in [-0.1, -0.05) is 45.1 Å². The number of rotatable bonds is 11. The molecule has 1 fully saturated rings. The summed E-state index contributed by atoms with van der Waals surface area (Å²) in [5.41, 5.74) is 0. The molecule has 0 radical (unpaired) electrons. The second-order valence-corrected chi connectivity index (χ2v) is 9.05. The molecule has 164 valence electrons. The second-order valence-electron chi connectivity index (χ2n) is 9.05. The molecule has 0 aromatic carbocycles. The molecule has 0 aromatic rings. The third-order valence-corrected chi connectivity index (χ3v) is 6.41. The number of allylic oxidation sites excluding steroid dienone is 4. The molecule has 0 spiro atoms. The Kier molecular flexibility index (Phi) is 11.5. The van der Waals surface area contributed by atoms with Crippen LogP contribution in [0.2, 0.25) is 0 Å². The maximum Gasteiger partial charge on any atom is 0.522 e. The molecule has 1 nitrogen and oxygen atoms in total. The van der Waals surface area contributed by atoms with Gasteiger partial charge >= 0.3 is 6.36 Å². The Balaban J connectivity index is 2.23. The molecule has 1 aliphatic rings. The van der Waals surface area contributed by atoms with E-state index < -0.39 is 12.5 Å². The molecular weight excluding hydrogens is 361 g/mol. The monoisotopic (exact) mass is 402 g/mol. The molecule has 0 N–H and O–H groups in total. The second kappa shape index (κ2) is 12.7. The number of hydrogen-bond donors (Lipinski definition) is 0. The minimum atomic E-state index is -4.53. The summed E-state index contributed by atoms with van der Waals surface area (Å²) >= 11 is 0. The summed E-state index contributed by atoms with van der Waals surface area (Å²) < 4.78 is 40.7. The van der Waals surface area contributed by atoms with Crippen molar-refractivity contribution in [1.29, 1.82) is 0 Å². The Morgan fingerprint density at radius 2 is 1.32 bits per heavy atom. The summed E-state index contributed by atoms with van der Waals surface area (Å²) in [6.45, 7) is 10.3. The normalized spacial score (nSPS) is 25.9. The Morgan fingerprint density at radius 1 is 0.821 bits per heavy atom. The van der Waals surface area contributed by atoms with E-state index in [0.29, 0.717) is 24.2 Å². The first-order chi connectivity index (χ1) is 13.1. The van der Waals surface area contributed by atoms with Crippen molar-refractivity contribution in [3.05, 3.63) is 24.3 Å². The summed E-state index contributed by atoms with van der Waals surface area (Å²) in [4.78, 5) is 0. The van der Waals surface area contributed by atoms with Gasteiger partial charge in [-0.25, -0.2) is 0 Å². The first kappa shape index (κ1) is 25.3. The van der Waals surface area contributed by atoms with E-state index in [4.69, 9.17) is 0 Å². The van der Waals surface area contributed by atoms with Crippen LogP contribution < -0.4 is 0 Å². The highest BCUT2D eigenvalue weighted by Crippen LogP contribution is 2.31. The van der Waals surface area contributed by atoms with Crippen LogP contribution in [0.3, 0.4) is 0 Å². The molecule has 4 unspecified atom stereocenters. The van der Waals surface area contributed by atoms with Gasteiger partial charge in [0.15, 0.2) is 0 Å². The van der Waals surface area contributed by atoms with Crippen molar-refractivity contribution in [2.45, 2.75) is 98.5 Å². The Bertz CT molecular complexity index is 461. The Morgan fingerprint density at radius 3 is 1.82 bits per heavy atom. The highest BCUT2D eigenvalue weighted by Gasteiger charge is 2.31. The van der Waals surface area contributed by atoms with Gasteiger partial charge in [-0.3, -0.25) is 4.74 Å². The fourth-order valence-electron chi connectivity index (χ4n) is 4.12. The van der Waals surface area contributed by atoms with E-state index in [1.807, 2.05) is 0 Å². The third kappa shape index (κ3) is 11.3. The smallest absolute Gasteiger partial charge is 0.289 e. The predicted octanol–water partition coefficient (Wildman–Crippen LogP) is 8.32. The third-order valence-electron chi connectivity index (χ3n) is 6.41. The largest absolute Gasteiger partial charge is 0.522 e. The molecule has 0 aliphatic heterocycles. The average Bonchev–Trinajstić information content (AvgIpc) is 2.62. The number of hydrogen-bond acceptors (Lipinski definition) is 1. The molecule has 1 aliphatic carbocycles. The van der Waals surface area contributed by atoms with Gasteiger partial charge in [0, 0.05) is 0 Å². The van der Waals surface area contributed by atoms with Gasteiger partial charge in [0.05, 0.1) is 6.10 Å². The summed E-state index contributed by atoms with van der Waals surface area (Å²) in [5.74, 6) is 3.01. The quantitative estimate of drug-likeness (QED) is 0.316. The van der Waals surface area contributed by atoms with E-state index in [1.54, 1.807) is 0 Å². The van der Waals surface area contributed by atoms with E-state index in [0.717, 1.165) is 31.1 Å². The SMILES string of the molecule is C/C=C/C1CCC(/C=C/C(C)CCC(C)C(C)CCC(C)OC(F)(F)F)CC1. The zero-order valence-corrected chi connectivity index (χ0v) is 18.5. The van der Waals surface area contributed by atoms with E-state index in [1.165, 1.54) is 32.6 Å². The molecule has 0 aromatic heterocycles. The topological polar surface area (TPSA) is 9.23 Å². The van der Waals surface area contributed by atoms with Gasteiger partial charge in [0.2, 0.25) is 0 Å². The summed E-state index contributed by atoms with van der Waals surface area (Å²) in [6, 6.07) is 0. The molecule has 28 heavy (non-hydrogen) atoms. The molecular formula is C24H41F3O. The molecule has 1 rings (SSSR count). The lowest BCUT2D eigenvalue weighted by molar-refractivity contribution is -0.341. The van der Waals surface area contributed by atoms with Crippen LogP contribution in [0.4, 0.5) is 13.2 Å². The highest BCUT2D eigenvalue weighted by molar-refractivity contribution is 4.96. The van der Waals surface area contributed by atoms with Crippen LogP contribution in [0.25, 0.3) is 0 Å². The lowest BCUT2D eigenvalue weighted by atomic mass is 9.81. The predicted molar refractivity (Wildman–Crippen MR) is 112 cm³/mol. The van der Waals surface area contributed by atoms with Crippen LogP contribution >= 0.6 is 0 Å². The maximum absolute atomic E-state index is 12.2. The van der Waals surface area contributed by atoms with Gasteiger partial charge in [0.25, 0.3) is 0 Å². The van der Waals surface area contributed by atoms with E-state index in [2.05, 4.69) is 56.7 Å². The van der Waals surface area contributed by atoms with Crippen molar-refractivity contribution < 1.29 is 17.9 Å². The van der Waals surface area contributed by atoms with Crippen molar-refractivity contribution in [2.75, 3.05) is 0 Å². The average molecular weight is 403 g/mol. The summed E-state index contributed by atoms with van der Waals surface area (Å²) in [7, 11) is 0. The minimum absolute atomic E-state index is 0.414. The molecule has 0 heterocycles. The maximum atomic E-state index is 12.2. The summed E-state index contributed by atoms with van der Waals surface area (Å²) in [6.07, 6.45) is 12.7. The number of alkyl halides is 3. The van der Waals surface area contributed by atoms with Crippen LogP contribution in [0.1, 0.15) is 86.0 Å². The molecule has 4 atom stereocenters. The van der Waals surface area contributed by atoms with Gasteiger partial charge < -0.3 is 0 Å². The van der Waals surface area contributed by atoms with Crippen LogP contribution in [-0.4, -0.2) is 12.5 Å². The standard InChI is InChI=1S/C24H41F3O/c1-6-7-22-14-16-23(17-15-22)13-9-18(2)8-10-19(3)20(4)11-12-21(5)28-24(25,26)27/h6-7,9,13,18-23H,8,10-12,14-17H2,1-5H3/b7-6+,13-9+. The van der Waals surface area contributed by atoms with Crippen LogP contribution in [0.15, 0.2) is 24.3 Å². The Labute approximate surface area is 170 Å². The van der Waals surface area contributed by atoms with E-state index in [9.17, 15) is 13.2 Å². The fraction of sp³-hybridized carbons (Fsp3) is 0.833. The minimum Gasteiger partial charge on any atom is -0.289 e. The molecule has 1 saturated carbocycles. The fourth-order valence-corrected chi connectivity index (χ4v) is 4.12. The van der Waals surface area contributed by atoms with Gasteiger partial charge in [-0.05, 0) is 94.8 Å². The van der Waals surface area contributed by atoms with E-state index in [-0.39, 0.29) is 0 Å². The number of ether oxygens (including phenoxy) is 1. The summed E-state index contributed by atoms with van der Waals surface area (Å²) in [5, 5.41) is 0. The van der Waals surface area contributed by atoms with Crippen molar-refractivity contribution in [2.24, 2.45) is 29.6 Å². The zero-order valence-electron chi connectivity index (χ0n) is 18.5. The zero-order chi connectivity index (χ0) is 21.2. The van der Waals surface area contributed by atoms with Gasteiger partial charge in [-0.2, -0.15) is 0 Å². The first-order valence-corrected chi connectivity index (χ1v) is 11.2. The molecule has 0 amide bonds. The van der Waals surface area contributed by atoms with Gasteiger partial charge in [0.1, 0.15) is 0 Å². The van der Waals surface area contributed by atoms with Crippen molar-refractivity contribution in [1.82, 2.24) is 0 Å². The van der Waals surface area contributed by atoms with Crippen molar-refractivity contribution >= 4 is 0 Å².